The predicted molar refractivity (Wildman–Crippen MR) is 75.6 cm³/mol. The van der Waals surface area contributed by atoms with Crippen molar-refractivity contribution in [3.63, 3.8) is 0 Å². The normalized spacial score (nSPS) is 25.3. The summed E-state index contributed by atoms with van der Waals surface area (Å²) in [6, 6.07) is 6.09. The number of hydrogen-bond donors (Lipinski definition) is 1. The third-order valence-electron chi connectivity index (χ3n) is 4.55. The molecular formula is C16H23NO2. The van der Waals surface area contributed by atoms with Gasteiger partial charge in [0, 0.05) is 24.1 Å². The first-order valence-corrected chi connectivity index (χ1v) is 7.35. The van der Waals surface area contributed by atoms with Crippen LogP contribution in [0.25, 0.3) is 0 Å². The van der Waals surface area contributed by atoms with Crippen LogP contribution >= 0.6 is 0 Å². The molecule has 1 heterocycles. The molecule has 3 rings (SSSR count). The third kappa shape index (κ3) is 2.44. The summed E-state index contributed by atoms with van der Waals surface area (Å²) in [5.74, 6) is 1.77. The van der Waals surface area contributed by atoms with Crippen LogP contribution in [0.15, 0.2) is 18.2 Å². The fourth-order valence-electron chi connectivity index (χ4n) is 3.50. The summed E-state index contributed by atoms with van der Waals surface area (Å²) in [6.07, 6.45) is 8.38. The predicted octanol–water partition coefficient (Wildman–Crippen LogP) is 3.57. The van der Waals surface area contributed by atoms with Crippen LogP contribution < -0.4 is 15.2 Å². The van der Waals surface area contributed by atoms with Crippen molar-refractivity contribution < 1.29 is 9.47 Å². The molecule has 2 N–H and O–H groups in total. The standard InChI is InChI=1S/C16H23NO2/c1-18-12-6-7-13-14(17)11-16(19-15(13)10-12)8-4-2-3-5-9-16/h6-7,10,14H,2-5,8-9,11,17H2,1H3. The molecule has 0 saturated heterocycles. The van der Waals surface area contributed by atoms with Crippen LogP contribution in [0, 0.1) is 0 Å². The van der Waals surface area contributed by atoms with Crippen molar-refractivity contribution in [3.8, 4) is 11.5 Å². The maximum absolute atomic E-state index is 6.39. The van der Waals surface area contributed by atoms with Crippen molar-refractivity contribution in [2.24, 2.45) is 5.73 Å². The Morgan fingerprint density at radius 1 is 1.21 bits per heavy atom. The van der Waals surface area contributed by atoms with Crippen molar-refractivity contribution in [2.75, 3.05) is 7.11 Å². The molecule has 3 heteroatoms. The first-order chi connectivity index (χ1) is 9.22. The molecule has 1 aromatic carbocycles. The summed E-state index contributed by atoms with van der Waals surface area (Å²) in [5, 5.41) is 0. The maximum atomic E-state index is 6.39. The first kappa shape index (κ1) is 12.8. The van der Waals surface area contributed by atoms with Gasteiger partial charge in [0.2, 0.25) is 0 Å². The summed E-state index contributed by atoms with van der Waals surface area (Å²) >= 11 is 0. The highest BCUT2D eigenvalue weighted by Gasteiger charge is 2.39. The Hall–Kier alpha value is -1.22. The SMILES string of the molecule is COc1ccc2c(c1)OC1(CCCCCC1)CC2N. The molecule has 19 heavy (non-hydrogen) atoms. The summed E-state index contributed by atoms with van der Waals surface area (Å²) < 4.78 is 11.7. The second kappa shape index (κ2) is 5.04. The van der Waals surface area contributed by atoms with Gasteiger partial charge in [0.25, 0.3) is 0 Å². The zero-order valence-corrected chi connectivity index (χ0v) is 11.7. The van der Waals surface area contributed by atoms with E-state index in [0.29, 0.717) is 0 Å². The van der Waals surface area contributed by atoms with Gasteiger partial charge in [-0.2, -0.15) is 0 Å². The molecule has 104 valence electrons. The third-order valence-corrected chi connectivity index (χ3v) is 4.55. The van der Waals surface area contributed by atoms with Crippen LogP contribution in [0.4, 0.5) is 0 Å². The molecule has 1 saturated carbocycles. The lowest BCUT2D eigenvalue weighted by atomic mass is 9.82. The molecule has 1 spiro atoms. The number of methoxy groups -OCH3 is 1. The average molecular weight is 261 g/mol. The molecule has 1 aliphatic carbocycles. The second-order valence-electron chi connectivity index (χ2n) is 5.91. The molecule has 2 aliphatic rings. The molecule has 1 unspecified atom stereocenters. The van der Waals surface area contributed by atoms with E-state index in [1.54, 1.807) is 7.11 Å². The highest BCUT2D eigenvalue weighted by atomic mass is 16.5. The van der Waals surface area contributed by atoms with Crippen LogP contribution in [0.3, 0.4) is 0 Å². The van der Waals surface area contributed by atoms with E-state index in [2.05, 4.69) is 0 Å². The van der Waals surface area contributed by atoms with Crippen molar-refractivity contribution >= 4 is 0 Å². The largest absolute Gasteiger partial charge is 0.497 e. The summed E-state index contributed by atoms with van der Waals surface area (Å²) in [5.41, 5.74) is 7.46. The highest BCUT2D eigenvalue weighted by Crippen LogP contribution is 2.45. The summed E-state index contributed by atoms with van der Waals surface area (Å²) in [4.78, 5) is 0. The molecule has 3 nitrogen and oxygen atoms in total. The van der Waals surface area contributed by atoms with E-state index < -0.39 is 0 Å². The molecule has 1 atom stereocenters. The van der Waals surface area contributed by atoms with E-state index in [-0.39, 0.29) is 11.6 Å². The van der Waals surface area contributed by atoms with Gasteiger partial charge in [0.1, 0.15) is 17.1 Å². The van der Waals surface area contributed by atoms with Gasteiger partial charge in [-0.15, -0.1) is 0 Å². The van der Waals surface area contributed by atoms with Crippen LogP contribution in [0.2, 0.25) is 0 Å². The smallest absolute Gasteiger partial charge is 0.128 e. The molecule has 1 aliphatic heterocycles. The summed E-state index contributed by atoms with van der Waals surface area (Å²) in [7, 11) is 1.69. The van der Waals surface area contributed by atoms with Gasteiger partial charge in [-0.25, -0.2) is 0 Å². The van der Waals surface area contributed by atoms with E-state index in [0.717, 1.165) is 36.3 Å². The zero-order valence-electron chi connectivity index (χ0n) is 11.7. The molecular weight excluding hydrogens is 238 g/mol. The Morgan fingerprint density at radius 2 is 1.95 bits per heavy atom. The molecule has 0 aromatic heterocycles. The summed E-state index contributed by atoms with van der Waals surface area (Å²) in [6.45, 7) is 0. The van der Waals surface area contributed by atoms with Crippen molar-refractivity contribution in [1.82, 2.24) is 0 Å². The van der Waals surface area contributed by atoms with Gasteiger partial charge >= 0.3 is 0 Å². The second-order valence-corrected chi connectivity index (χ2v) is 5.91. The lowest BCUT2D eigenvalue weighted by Gasteiger charge is -2.41. The average Bonchev–Trinajstić information content (AvgIpc) is 2.63. The molecule has 0 bridgehead atoms. The monoisotopic (exact) mass is 261 g/mol. The fourth-order valence-corrected chi connectivity index (χ4v) is 3.50. The van der Waals surface area contributed by atoms with Crippen LogP contribution in [0.1, 0.15) is 56.6 Å². The first-order valence-electron chi connectivity index (χ1n) is 7.35. The molecule has 0 radical (unpaired) electrons. The van der Waals surface area contributed by atoms with Crippen LogP contribution in [-0.2, 0) is 0 Å². The van der Waals surface area contributed by atoms with Gasteiger partial charge in [-0.05, 0) is 31.7 Å². The number of benzene rings is 1. The lowest BCUT2D eigenvalue weighted by Crippen LogP contribution is -2.42. The van der Waals surface area contributed by atoms with Crippen LogP contribution in [-0.4, -0.2) is 12.7 Å². The Bertz CT molecular complexity index is 450. The molecule has 1 fully saturated rings. The van der Waals surface area contributed by atoms with Crippen molar-refractivity contribution in [3.05, 3.63) is 23.8 Å². The number of nitrogens with two attached hydrogens (primary N) is 1. The van der Waals surface area contributed by atoms with E-state index in [4.69, 9.17) is 15.2 Å². The molecule has 1 aromatic rings. The Balaban J connectivity index is 1.92. The van der Waals surface area contributed by atoms with Gasteiger partial charge < -0.3 is 15.2 Å². The number of fused-ring (bicyclic) bond motifs is 1. The van der Waals surface area contributed by atoms with Gasteiger partial charge in [-0.1, -0.05) is 18.9 Å². The maximum Gasteiger partial charge on any atom is 0.128 e. The van der Waals surface area contributed by atoms with E-state index in [1.807, 2.05) is 18.2 Å². The van der Waals surface area contributed by atoms with E-state index in [1.165, 1.54) is 25.7 Å². The minimum absolute atomic E-state index is 0.0325. The number of rotatable bonds is 1. The van der Waals surface area contributed by atoms with Gasteiger partial charge in [-0.3, -0.25) is 0 Å². The number of hydrogen-bond acceptors (Lipinski definition) is 3. The van der Waals surface area contributed by atoms with Gasteiger partial charge in [0.15, 0.2) is 0 Å². The quantitative estimate of drug-likeness (QED) is 0.840. The van der Waals surface area contributed by atoms with Crippen LogP contribution in [0.5, 0.6) is 11.5 Å². The van der Waals surface area contributed by atoms with Crippen molar-refractivity contribution in [2.45, 2.75) is 56.6 Å². The Labute approximate surface area is 115 Å². The molecule has 0 amide bonds. The minimum atomic E-state index is -0.0325. The Morgan fingerprint density at radius 3 is 2.63 bits per heavy atom. The van der Waals surface area contributed by atoms with E-state index >= 15 is 0 Å². The number of ether oxygens (including phenoxy) is 2. The topological polar surface area (TPSA) is 44.5 Å². The Kier molecular flexibility index (Phi) is 3.40. The highest BCUT2D eigenvalue weighted by molar-refractivity contribution is 5.44. The van der Waals surface area contributed by atoms with Crippen molar-refractivity contribution in [1.29, 1.82) is 0 Å². The zero-order chi connectivity index (χ0) is 13.3. The van der Waals surface area contributed by atoms with Gasteiger partial charge in [0.05, 0.1) is 7.11 Å². The van der Waals surface area contributed by atoms with E-state index in [9.17, 15) is 0 Å². The lowest BCUT2D eigenvalue weighted by molar-refractivity contribution is 0.0211. The fraction of sp³-hybridized carbons (Fsp3) is 0.625. The minimum Gasteiger partial charge on any atom is -0.497 e.